The quantitative estimate of drug-likeness (QED) is 0.262. The average molecular weight is 591 g/mol. The second kappa shape index (κ2) is 13.2. The van der Waals surface area contributed by atoms with Crippen molar-refractivity contribution in [3.8, 4) is 0 Å². The molecule has 1 aliphatic heterocycles. The summed E-state index contributed by atoms with van der Waals surface area (Å²) < 4.78 is 17.8. The Kier molecular flexibility index (Phi) is 10.1. The van der Waals surface area contributed by atoms with Gasteiger partial charge in [0.05, 0.1) is 29.6 Å². The largest absolute Gasteiger partial charge is 0.462 e. The topological polar surface area (TPSA) is 78.0 Å². The lowest BCUT2D eigenvalue weighted by molar-refractivity contribution is -0.171. The van der Waals surface area contributed by atoms with Crippen molar-refractivity contribution in [1.29, 1.82) is 0 Å². The number of hydrogen-bond donors (Lipinski definition) is 0. The van der Waals surface area contributed by atoms with Crippen LogP contribution < -0.4 is 4.90 Å². The molecule has 1 fully saturated rings. The van der Waals surface area contributed by atoms with Crippen molar-refractivity contribution in [2.45, 2.75) is 106 Å². The Balaban J connectivity index is 1.68. The molecular weight excluding hydrogens is 540 g/mol. The third kappa shape index (κ3) is 8.26. The van der Waals surface area contributed by atoms with Crippen LogP contribution in [0.15, 0.2) is 36.4 Å². The predicted molar refractivity (Wildman–Crippen MR) is 171 cm³/mol. The van der Waals surface area contributed by atoms with E-state index < -0.39 is 11.7 Å². The highest BCUT2D eigenvalue weighted by Crippen LogP contribution is 2.47. The molecule has 2 aliphatic rings. The first-order valence-corrected chi connectivity index (χ1v) is 15.7. The van der Waals surface area contributed by atoms with E-state index in [4.69, 9.17) is 19.2 Å². The molecule has 0 N–H and O–H groups in total. The van der Waals surface area contributed by atoms with Gasteiger partial charge in [-0.25, -0.2) is 9.59 Å². The van der Waals surface area contributed by atoms with Gasteiger partial charge >= 0.3 is 11.9 Å². The number of aromatic nitrogens is 1. The summed E-state index contributed by atoms with van der Waals surface area (Å²) in [5, 5.41) is 0. The summed E-state index contributed by atoms with van der Waals surface area (Å²) in [6.45, 7) is 20.5. The van der Waals surface area contributed by atoms with Gasteiger partial charge in [-0.3, -0.25) is 4.98 Å². The molecule has 2 aromatic rings. The smallest absolute Gasteiger partial charge is 0.340 e. The van der Waals surface area contributed by atoms with Gasteiger partial charge in [0, 0.05) is 35.6 Å². The number of nitrogens with zero attached hydrogens (tertiary/aromatic N) is 2. The van der Waals surface area contributed by atoms with Gasteiger partial charge < -0.3 is 19.1 Å². The van der Waals surface area contributed by atoms with Gasteiger partial charge in [0.2, 0.25) is 0 Å². The summed E-state index contributed by atoms with van der Waals surface area (Å²) in [6, 6.07) is 9.10. The zero-order valence-electron chi connectivity index (χ0n) is 27.6. The molecule has 2 atom stereocenters. The number of ether oxygens (including phenoxy) is 3. The maximum Gasteiger partial charge on any atom is 0.340 e. The summed E-state index contributed by atoms with van der Waals surface area (Å²) in [6.07, 6.45) is 4.86. The molecule has 43 heavy (non-hydrogen) atoms. The van der Waals surface area contributed by atoms with Crippen LogP contribution in [0.25, 0.3) is 5.57 Å². The van der Waals surface area contributed by atoms with Crippen molar-refractivity contribution in [3.05, 3.63) is 64.5 Å². The standard InChI is InChI=1S/C36H50N2O5/c1-23(2)42-34(40)32(43-35(5,6)7)30-25(4)37-24(3)29(31(30)38-18-16-36(8,9)17-19-38)28-21-26(22-28)15-20-41-33(39)27-13-11-10-12-14-27/h10-14,21,23,26,32H,15-20,22H2,1-9H3/t26?,32-/m0/s1. The number of allylic oxidation sites excluding steroid dienone is 2. The summed E-state index contributed by atoms with van der Waals surface area (Å²) in [5.74, 6) is -0.367. The third-order valence-corrected chi connectivity index (χ3v) is 8.28. The first-order valence-electron chi connectivity index (χ1n) is 15.7. The molecule has 1 aromatic heterocycles. The lowest BCUT2D eigenvalue weighted by Gasteiger charge is -2.42. The molecule has 1 unspecified atom stereocenters. The summed E-state index contributed by atoms with van der Waals surface area (Å²) in [5.41, 5.74) is 6.18. The summed E-state index contributed by atoms with van der Waals surface area (Å²) >= 11 is 0. The number of aryl methyl sites for hydroxylation is 2. The first kappa shape index (κ1) is 32.7. The van der Waals surface area contributed by atoms with E-state index >= 15 is 0 Å². The monoisotopic (exact) mass is 590 g/mol. The molecule has 0 amide bonds. The van der Waals surface area contributed by atoms with Gasteiger partial charge in [0.15, 0.2) is 6.10 Å². The lowest BCUT2D eigenvalue weighted by Crippen LogP contribution is -2.40. The van der Waals surface area contributed by atoms with Crippen LogP contribution >= 0.6 is 0 Å². The molecule has 0 saturated carbocycles. The van der Waals surface area contributed by atoms with Crippen LogP contribution in [0.1, 0.15) is 113 Å². The van der Waals surface area contributed by atoms with Gasteiger partial charge in [-0.1, -0.05) is 38.1 Å². The van der Waals surface area contributed by atoms with E-state index in [1.165, 1.54) is 5.57 Å². The van der Waals surface area contributed by atoms with Crippen LogP contribution in [0.4, 0.5) is 5.69 Å². The first-order chi connectivity index (χ1) is 20.1. The molecule has 4 rings (SSSR count). The number of piperidine rings is 1. The summed E-state index contributed by atoms with van der Waals surface area (Å²) in [7, 11) is 0. The van der Waals surface area contributed by atoms with Gasteiger partial charge in [0.1, 0.15) is 0 Å². The Bertz CT molecular complexity index is 1330. The third-order valence-electron chi connectivity index (χ3n) is 8.28. The Morgan fingerprint density at radius 3 is 2.26 bits per heavy atom. The number of pyridine rings is 1. The van der Waals surface area contributed by atoms with E-state index in [9.17, 15) is 9.59 Å². The molecular formula is C36H50N2O5. The van der Waals surface area contributed by atoms with Crippen molar-refractivity contribution >= 4 is 23.2 Å². The highest BCUT2D eigenvalue weighted by atomic mass is 16.6. The van der Waals surface area contributed by atoms with Crippen molar-refractivity contribution in [3.63, 3.8) is 0 Å². The van der Waals surface area contributed by atoms with Crippen LogP contribution in [0.2, 0.25) is 0 Å². The molecule has 0 bridgehead atoms. The fraction of sp³-hybridized carbons (Fsp3) is 0.583. The van der Waals surface area contributed by atoms with Gasteiger partial charge in [-0.05, 0) is 103 Å². The highest BCUT2D eigenvalue weighted by molar-refractivity contribution is 5.89. The van der Waals surface area contributed by atoms with Crippen molar-refractivity contribution in [2.24, 2.45) is 11.3 Å². The van der Waals surface area contributed by atoms with Crippen LogP contribution in [-0.4, -0.2) is 48.3 Å². The second-order valence-electron chi connectivity index (χ2n) is 14.1. The number of carbonyl (C=O) groups excluding carboxylic acids is 2. The van der Waals surface area contributed by atoms with E-state index in [1.807, 2.05) is 59.7 Å². The van der Waals surface area contributed by atoms with Gasteiger partial charge in [-0.15, -0.1) is 0 Å². The van der Waals surface area contributed by atoms with Gasteiger partial charge in [-0.2, -0.15) is 0 Å². The fourth-order valence-electron chi connectivity index (χ4n) is 5.94. The van der Waals surface area contributed by atoms with Crippen LogP contribution in [0.3, 0.4) is 0 Å². The van der Waals surface area contributed by atoms with Crippen molar-refractivity contribution < 1.29 is 23.8 Å². The van der Waals surface area contributed by atoms with Crippen molar-refractivity contribution in [2.75, 3.05) is 24.6 Å². The van der Waals surface area contributed by atoms with E-state index in [0.29, 0.717) is 18.1 Å². The molecule has 7 heteroatoms. The average Bonchev–Trinajstić information content (AvgIpc) is 2.89. The lowest BCUT2D eigenvalue weighted by atomic mass is 9.77. The van der Waals surface area contributed by atoms with E-state index in [0.717, 1.165) is 67.0 Å². The number of benzene rings is 1. The number of hydrogen-bond acceptors (Lipinski definition) is 7. The maximum absolute atomic E-state index is 13.6. The van der Waals surface area contributed by atoms with E-state index in [2.05, 4.69) is 31.7 Å². The SMILES string of the molecule is Cc1nc(C)c([C@H](OC(C)(C)C)C(=O)OC(C)C)c(N2CCC(C)(C)CC2)c1C1=CC(CCOC(=O)c2ccccc2)C1. The minimum atomic E-state index is -0.895. The molecule has 0 radical (unpaired) electrons. The number of rotatable bonds is 10. The number of esters is 2. The Morgan fingerprint density at radius 1 is 1.05 bits per heavy atom. The van der Waals surface area contributed by atoms with Gasteiger partial charge in [0.25, 0.3) is 0 Å². The molecule has 1 saturated heterocycles. The van der Waals surface area contributed by atoms with E-state index in [-0.39, 0.29) is 23.5 Å². The Morgan fingerprint density at radius 2 is 1.67 bits per heavy atom. The minimum absolute atomic E-state index is 0.262. The predicted octanol–water partition coefficient (Wildman–Crippen LogP) is 7.78. The number of anilines is 1. The van der Waals surface area contributed by atoms with E-state index in [1.54, 1.807) is 12.1 Å². The van der Waals surface area contributed by atoms with Crippen LogP contribution in [-0.2, 0) is 19.0 Å². The summed E-state index contributed by atoms with van der Waals surface area (Å²) in [4.78, 5) is 33.5. The van der Waals surface area contributed by atoms with Crippen molar-refractivity contribution in [1.82, 2.24) is 4.98 Å². The Hall–Kier alpha value is -3.19. The molecule has 7 nitrogen and oxygen atoms in total. The Labute approximate surface area is 258 Å². The second-order valence-corrected chi connectivity index (χ2v) is 14.1. The fourth-order valence-corrected chi connectivity index (χ4v) is 5.94. The zero-order valence-corrected chi connectivity index (χ0v) is 27.6. The normalized spacial score (nSPS) is 19.0. The molecule has 0 spiro atoms. The highest BCUT2D eigenvalue weighted by Gasteiger charge is 2.38. The van der Waals surface area contributed by atoms with Crippen LogP contribution in [0.5, 0.6) is 0 Å². The molecule has 2 heterocycles. The molecule has 1 aromatic carbocycles. The zero-order chi connectivity index (χ0) is 31.5. The number of carbonyl (C=O) groups is 2. The molecule has 234 valence electrons. The maximum atomic E-state index is 13.6. The minimum Gasteiger partial charge on any atom is -0.462 e. The van der Waals surface area contributed by atoms with Crippen LogP contribution in [0, 0.1) is 25.2 Å². The molecule has 1 aliphatic carbocycles.